The van der Waals surface area contributed by atoms with Crippen molar-refractivity contribution in [1.82, 2.24) is 24.5 Å². The fourth-order valence-electron chi connectivity index (χ4n) is 3.40. The molecule has 0 radical (unpaired) electrons. The second-order valence-corrected chi connectivity index (χ2v) is 9.07. The van der Waals surface area contributed by atoms with E-state index in [0.29, 0.717) is 18.8 Å². The van der Waals surface area contributed by atoms with E-state index in [2.05, 4.69) is 20.8 Å². The van der Waals surface area contributed by atoms with Crippen molar-refractivity contribution in [3.63, 3.8) is 0 Å². The summed E-state index contributed by atoms with van der Waals surface area (Å²) in [5.41, 5.74) is 2.20. The molecular weight excluding hydrogens is 404 g/mol. The van der Waals surface area contributed by atoms with Crippen molar-refractivity contribution in [2.75, 3.05) is 18.4 Å². The number of nitrogens with zero attached hydrogens (tertiary/aromatic N) is 5. The van der Waals surface area contributed by atoms with E-state index in [4.69, 9.17) is 0 Å². The first-order valence-corrected chi connectivity index (χ1v) is 11.2. The van der Waals surface area contributed by atoms with Crippen LogP contribution in [0.25, 0.3) is 5.69 Å². The van der Waals surface area contributed by atoms with Crippen molar-refractivity contribution < 1.29 is 13.2 Å². The van der Waals surface area contributed by atoms with Crippen molar-refractivity contribution in [1.29, 1.82) is 0 Å². The van der Waals surface area contributed by atoms with Crippen LogP contribution >= 0.6 is 0 Å². The molecule has 1 amide bonds. The van der Waals surface area contributed by atoms with E-state index in [1.54, 1.807) is 24.3 Å². The predicted octanol–water partition coefficient (Wildman–Crippen LogP) is 2.02. The molecule has 0 saturated carbocycles. The van der Waals surface area contributed by atoms with Gasteiger partial charge in [0, 0.05) is 18.8 Å². The second-order valence-electron chi connectivity index (χ2n) is 7.13. The lowest BCUT2D eigenvalue weighted by Gasteiger charge is -2.25. The Hall–Kier alpha value is -3.11. The molecule has 0 aliphatic carbocycles. The number of carbonyl (C=O) groups excluding carboxylic acids is 1. The van der Waals surface area contributed by atoms with Crippen LogP contribution in [0.15, 0.2) is 59.8 Å². The van der Waals surface area contributed by atoms with Gasteiger partial charge in [0.2, 0.25) is 15.9 Å². The lowest BCUT2D eigenvalue weighted by atomic mass is 10.1. The fraction of sp³-hybridized carbons (Fsp3) is 0.300. The number of aromatic nitrogens is 4. The maximum Gasteiger partial charge on any atom is 0.243 e. The normalized spacial score (nSPS) is 15.1. The summed E-state index contributed by atoms with van der Waals surface area (Å²) >= 11 is 0. The van der Waals surface area contributed by atoms with Gasteiger partial charge in [-0.1, -0.05) is 18.6 Å². The molecule has 0 unspecified atom stereocenters. The van der Waals surface area contributed by atoms with E-state index < -0.39 is 10.0 Å². The molecule has 9 nitrogen and oxygen atoms in total. The fourth-order valence-corrected chi connectivity index (χ4v) is 4.92. The number of tetrazole rings is 1. The molecule has 1 N–H and O–H groups in total. The van der Waals surface area contributed by atoms with E-state index in [0.717, 1.165) is 30.5 Å². The molecule has 4 rings (SSSR count). The Morgan fingerprint density at radius 3 is 2.30 bits per heavy atom. The third kappa shape index (κ3) is 4.55. The number of hydrogen-bond acceptors (Lipinski definition) is 6. The third-order valence-electron chi connectivity index (χ3n) is 5.01. The van der Waals surface area contributed by atoms with Gasteiger partial charge in [-0.15, -0.1) is 5.10 Å². The molecule has 0 bridgehead atoms. The average Bonchev–Trinajstić information content (AvgIpc) is 3.30. The van der Waals surface area contributed by atoms with E-state index in [-0.39, 0.29) is 17.2 Å². The minimum absolute atomic E-state index is 0.184. The monoisotopic (exact) mass is 426 g/mol. The summed E-state index contributed by atoms with van der Waals surface area (Å²) in [7, 11) is -3.47. The number of benzene rings is 2. The molecule has 2 heterocycles. The average molecular weight is 427 g/mol. The van der Waals surface area contributed by atoms with Crippen LogP contribution in [0.3, 0.4) is 0 Å². The Morgan fingerprint density at radius 1 is 0.967 bits per heavy atom. The smallest absolute Gasteiger partial charge is 0.243 e. The van der Waals surface area contributed by atoms with Crippen LogP contribution in [0.5, 0.6) is 0 Å². The second kappa shape index (κ2) is 8.72. The summed E-state index contributed by atoms with van der Waals surface area (Å²) in [4.78, 5) is 12.6. The Bertz CT molecular complexity index is 1090. The summed E-state index contributed by atoms with van der Waals surface area (Å²) < 4.78 is 28.5. The van der Waals surface area contributed by atoms with Crippen molar-refractivity contribution in [3.8, 4) is 5.69 Å². The lowest BCUT2D eigenvalue weighted by Crippen LogP contribution is -2.35. The number of hydrogen-bond donors (Lipinski definition) is 1. The molecule has 1 aromatic heterocycles. The van der Waals surface area contributed by atoms with Gasteiger partial charge in [0.25, 0.3) is 0 Å². The van der Waals surface area contributed by atoms with Gasteiger partial charge in [-0.25, -0.2) is 13.1 Å². The SMILES string of the molecule is O=C(Cc1ccc(-n2cnnn2)cc1)Nc1ccc(S(=O)(=O)N2CCCCC2)cc1. The lowest BCUT2D eigenvalue weighted by molar-refractivity contribution is -0.115. The zero-order valence-electron chi connectivity index (χ0n) is 16.3. The highest BCUT2D eigenvalue weighted by Crippen LogP contribution is 2.22. The quantitative estimate of drug-likeness (QED) is 0.646. The van der Waals surface area contributed by atoms with Crippen molar-refractivity contribution >= 4 is 21.6 Å². The molecule has 1 saturated heterocycles. The van der Waals surface area contributed by atoms with Crippen molar-refractivity contribution in [3.05, 3.63) is 60.4 Å². The highest BCUT2D eigenvalue weighted by Gasteiger charge is 2.25. The molecule has 1 fully saturated rings. The Labute approximate surface area is 174 Å². The van der Waals surface area contributed by atoms with Gasteiger partial charge in [0.05, 0.1) is 17.0 Å². The zero-order chi connectivity index (χ0) is 21.0. The summed E-state index contributed by atoms with van der Waals surface area (Å²) in [6.45, 7) is 1.13. The highest BCUT2D eigenvalue weighted by atomic mass is 32.2. The molecule has 3 aromatic rings. The number of sulfonamides is 1. The first-order chi connectivity index (χ1) is 14.5. The van der Waals surface area contributed by atoms with Gasteiger partial charge < -0.3 is 5.32 Å². The van der Waals surface area contributed by atoms with Crippen LogP contribution < -0.4 is 5.32 Å². The summed E-state index contributed by atoms with van der Waals surface area (Å²) in [6.07, 6.45) is 4.55. The molecule has 0 atom stereocenters. The molecule has 30 heavy (non-hydrogen) atoms. The Morgan fingerprint density at radius 2 is 1.67 bits per heavy atom. The van der Waals surface area contributed by atoms with Crippen LogP contribution in [-0.4, -0.2) is 51.9 Å². The number of rotatable bonds is 6. The van der Waals surface area contributed by atoms with E-state index in [1.165, 1.54) is 15.3 Å². The van der Waals surface area contributed by atoms with E-state index in [1.807, 2.05) is 24.3 Å². The van der Waals surface area contributed by atoms with Gasteiger partial charge in [-0.05, 0) is 65.2 Å². The van der Waals surface area contributed by atoms with Crippen molar-refractivity contribution in [2.45, 2.75) is 30.6 Å². The Kier molecular flexibility index (Phi) is 5.86. The number of piperidine rings is 1. The van der Waals surface area contributed by atoms with Crippen LogP contribution in [0.2, 0.25) is 0 Å². The first kappa shape index (κ1) is 20.2. The van der Waals surface area contributed by atoms with Gasteiger partial charge in [-0.2, -0.15) is 4.31 Å². The topological polar surface area (TPSA) is 110 Å². The highest BCUT2D eigenvalue weighted by molar-refractivity contribution is 7.89. The van der Waals surface area contributed by atoms with Crippen molar-refractivity contribution in [2.24, 2.45) is 0 Å². The zero-order valence-corrected chi connectivity index (χ0v) is 17.1. The number of amides is 1. The minimum Gasteiger partial charge on any atom is -0.326 e. The van der Waals surface area contributed by atoms with Crippen LogP contribution in [0.4, 0.5) is 5.69 Å². The number of nitrogens with one attached hydrogen (secondary N) is 1. The van der Waals surface area contributed by atoms with E-state index >= 15 is 0 Å². The molecule has 0 spiro atoms. The largest absolute Gasteiger partial charge is 0.326 e. The third-order valence-corrected chi connectivity index (χ3v) is 6.92. The van der Waals surface area contributed by atoms with Gasteiger partial charge >= 0.3 is 0 Å². The maximum absolute atomic E-state index is 12.7. The summed E-state index contributed by atoms with van der Waals surface area (Å²) in [5, 5.41) is 13.8. The van der Waals surface area contributed by atoms with Gasteiger partial charge in [0.15, 0.2) is 0 Å². The molecular formula is C20H22N6O3S. The minimum atomic E-state index is -3.47. The van der Waals surface area contributed by atoms with Crippen LogP contribution in [0.1, 0.15) is 24.8 Å². The molecule has 1 aliphatic heterocycles. The first-order valence-electron chi connectivity index (χ1n) is 9.75. The van der Waals surface area contributed by atoms with E-state index in [9.17, 15) is 13.2 Å². The predicted molar refractivity (Wildman–Crippen MR) is 111 cm³/mol. The van der Waals surface area contributed by atoms with Crippen LogP contribution in [-0.2, 0) is 21.2 Å². The molecule has 156 valence electrons. The maximum atomic E-state index is 12.7. The van der Waals surface area contributed by atoms with Gasteiger partial charge in [-0.3, -0.25) is 4.79 Å². The number of carbonyl (C=O) groups is 1. The number of anilines is 1. The standard InChI is InChI=1S/C20H22N6O3S/c27-20(14-16-4-8-18(9-5-16)26-15-21-23-24-26)22-17-6-10-19(11-7-17)30(28,29)25-12-2-1-3-13-25/h4-11,15H,1-3,12-14H2,(H,22,27). The summed E-state index contributed by atoms with van der Waals surface area (Å²) in [6, 6.07) is 13.7. The van der Waals surface area contributed by atoms with Gasteiger partial charge in [0.1, 0.15) is 6.33 Å². The molecule has 2 aromatic carbocycles. The summed E-state index contributed by atoms with van der Waals surface area (Å²) in [5.74, 6) is -0.184. The Balaban J connectivity index is 1.36. The molecule has 10 heteroatoms. The molecule has 1 aliphatic rings. The van der Waals surface area contributed by atoms with Crippen LogP contribution in [0, 0.1) is 0 Å².